The summed E-state index contributed by atoms with van der Waals surface area (Å²) in [5.74, 6) is 0.767. The molecule has 90 valence electrons. The fourth-order valence-electron chi connectivity index (χ4n) is 2.42. The van der Waals surface area contributed by atoms with Gasteiger partial charge in [0.15, 0.2) is 0 Å². The molecule has 2 N–H and O–H groups in total. The first-order valence-corrected chi connectivity index (χ1v) is 6.28. The van der Waals surface area contributed by atoms with Crippen LogP contribution in [0.5, 0.6) is 0 Å². The van der Waals surface area contributed by atoms with Gasteiger partial charge in [-0.1, -0.05) is 12.1 Å². The van der Waals surface area contributed by atoms with Gasteiger partial charge in [-0.2, -0.15) is 0 Å². The molecule has 1 fully saturated rings. The molecule has 2 aliphatic rings. The standard InChI is InChI=1S/C14H18N2O/c1-10-9-17-13(16-10)11-3-5-12(6-4-11)14(15)7-2-8-14/h3-6,10H,2,7-9,15H2,1H3. The maximum atomic E-state index is 6.29. The van der Waals surface area contributed by atoms with Gasteiger partial charge in [0, 0.05) is 11.1 Å². The fraction of sp³-hybridized carbons (Fsp3) is 0.500. The molecular weight excluding hydrogens is 212 g/mol. The smallest absolute Gasteiger partial charge is 0.216 e. The van der Waals surface area contributed by atoms with Crippen molar-refractivity contribution in [3.05, 3.63) is 35.4 Å². The largest absolute Gasteiger partial charge is 0.475 e. The van der Waals surface area contributed by atoms with Crippen molar-refractivity contribution in [2.75, 3.05) is 6.61 Å². The van der Waals surface area contributed by atoms with Gasteiger partial charge in [-0.3, -0.25) is 0 Å². The van der Waals surface area contributed by atoms with Gasteiger partial charge in [0.1, 0.15) is 6.61 Å². The van der Waals surface area contributed by atoms with Crippen LogP contribution in [0.3, 0.4) is 0 Å². The highest BCUT2D eigenvalue weighted by molar-refractivity contribution is 5.95. The summed E-state index contributed by atoms with van der Waals surface area (Å²) >= 11 is 0. The zero-order valence-electron chi connectivity index (χ0n) is 10.1. The molecule has 1 aromatic carbocycles. The van der Waals surface area contributed by atoms with E-state index in [0.717, 1.165) is 24.3 Å². The Morgan fingerprint density at radius 3 is 2.47 bits per heavy atom. The maximum Gasteiger partial charge on any atom is 0.216 e. The Balaban J connectivity index is 1.83. The minimum Gasteiger partial charge on any atom is -0.475 e. The van der Waals surface area contributed by atoms with Crippen molar-refractivity contribution >= 4 is 5.90 Å². The fourth-order valence-corrected chi connectivity index (χ4v) is 2.42. The molecule has 0 radical (unpaired) electrons. The second-order valence-electron chi connectivity index (χ2n) is 5.18. The van der Waals surface area contributed by atoms with Crippen molar-refractivity contribution in [2.45, 2.75) is 37.8 Å². The topological polar surface area (TPSA) is 47.6 Å². The number of ether oxygens (including phenoxy) is 1. The zero-order valence-corrected chi connectivity index (χ0v) is 10.1. The van der Waals surface area contributed by atoms with Crippen LogP contribution in [-0.2, 0) is 10.3 Å². The number of nitrogens with two attached hydrogens (primary N) is 1. The Morgan fingerprint density at radius 1 is 1.29 bits per heavy atom. The number of rotatable bonds is 2. The molecule has 17 heavy (non-hydrogen) atoms. The summed E-state index contributed by atoms with van der Waals surface area (Å²) in [6.07, 6.45) is 3.44. The van der Waals surface area contributed by atoms with Crippen molar-refractivity contribution < 1.29 is 4.74 Å². The van der Waals surface area contributed by atoms with Crippen LogP contribution in [0.15, 0.2) is 29.3 Å². The highest BCUT2D eigenvalue weighted by atomic mass is 16.5. The summed E-state index contributed by atoms with van der Waals surface area (Å²) in [6.45, 7) is 2.75. The number of aliphatic imine (C=N–C) groups is 1. The van der Waals surface area contributed by atoms with Crippen LogP contribution in [0.2, 0.25) is 0 Å². The van der Waals surface area contributed by atoms with E-state index in [9.17, 15) is 0 Å². The third-order valence-corrected chi connectivity index (χ3v) is 3.75. The molecule has 1 aromatic rings. The first-order valence-electron chi connectivity index (χ1n) is 6.28. The highest BCUT2D eigenvalue weighted by Crippen LogP contribution is 2.38. The Hall–Kier alpha value is -1.35. The second-order valence-corrected chi connectivity index (χ2v) is 5.18. The van der Waals surface area contributed by atoms with E-state index in [-0.39, 0.29) is 11.6 Å². The molecule has 1 aliphatic carbocycles. The molecule has 1 heterocycles. The number of hydrogen-bond acceptors (Lipinski definition) is 3. The Morgan fingerprint density at radius 2 is 2.00 bits per heavy atom. The monoisotopic (exact) mass is 230 g/mol. The Labute approximate surface area is 102 Å². The average Bonchev–Trinajstić information content (AvgIpc) is 2.73. The van der Waals surface area contributed by atoms with Gasteiger partial charge in [-0.25, -0.2) is 4.99 Å². The van der Waals surface area contributed by atoms with Gasteiger partial charge < -0.3 is 10.5 Å². The lowest BCUT2D eigenvalue weighted by Crippen LogP contribution is -2.43. The van der Waals surface area contributed by atoms with Gasteiger partial charge in [-0.05, 0) is 43.9 Å². The molecule has 0 saturated heterocycles. The SMILES string of the molecule is CC1COC(c2ccc(C3(N)CCC3)cc2)=N1. The van der Waals surface area contributed by atoms with E-state index in [2.05, 4.69) is 36.2 Å². The van der Waals surface area contributed by atoms with Gasteiger partial charge >= 0.3 is 0 Å². The zero-order chi connectivity index (χ0) is 11.9. The quantitative estimate of drug-likeness (QED) is 0.846. The Bertz CT molecular complexity index is 446. The van der Waals surface area contributed by atoms with Crippen molar-refractivity contribution in [3.8, 4) is 0 Å². The summed E-state index contributed by atoms with van der Waals surface area (Å²) in [5.41, 5.74) is 8.50. The maximum absolute atomic E-state index is 6.29. The predicted molar refractivity (Wildman–Crippen MR) is 68.1 cm³/mol. The number of nitrogens with zero attached hydrogens (tertiary/aromatic N) is 1. The lowest BCUT2D eigenvalue weighted by Gasteiger charge is -2.38. The summed E-state index contributed by atoms with van der Waals surface area (Å²) in [5, 5.41) is 0. The number of benzene rings is 1. The molecule has 3 rings (SSSR count). The lowest BCUT2D eigenvalue weighted by atomic mass is 9.73. The first-order chi connectivity index (χ1) is 8.17. The van der Waals surface area contributed by atoms with E-state index in [0.29, 0.717) is 6.61 Å². The molecule has 1 atom stereocenters. The summed E-state index contributed by atoms with van der Waals surface area (Å²) in [6, 6.07) is 8.64. The molecule has 1 unspecified atom stereocenters. The van der Waals surface area contributed by atoms with Gasteiger partial charge in [0.05, 0.1) is 6.04 Å². The van der Waals surface area contributed by atoms with E-state index in [4.69, 9.17) is 10.5 Å². The molecule has 0 bridgehead atoms. The van der Waals surface area contributed by atoms with Crippen LogP contribution in [-0.4, -0.2) is 18.5 Å². The van der Waals surface area contributed by atoms with Crippen molar-refractivity contribution in [1.29, 1.82) is 0 Å². The first kappa shape index (κ1) is 10.8. The predicted octanol–water partition coefficient (Wildman–Crippen LogP) is 2.19. The molecule has 0 spiro atoms. The van der Waals surface area contributed by atoms with Crippen LogP contribution >= 0.6 is 0 Å². The van der Waals surface area contributed by atoms with Crippen LogP contribution in [0.25, 0.3) is 0 Å². The molecular formula is C14H18N2O. The van der Waals surface area contributed by atoms with Crippen molar-refractivity contribution in [1.82, 2.24) is 0 Å². The summed E-state index contributed by atoms with van der Waals surface area (Å²) in [4.78, 5) is 4.45. The minimum absolute atomic E-state index is 0.0792. The van der Waals surface area contributed by atoms with Crippen LogP contribution in [0, 0.1) is 0 Å². The third-order valence-electron chi connectivity index (χ3n) is 3.75. The minimum atomic E-state index is -0.0792. The molecule has 0 amide bonds. The second kappa shape index (κ2) is 3.84. The van der Waals surface area contributed by atoms with Gasteiger partial charge in [0.2, 0.25) is 5.90 Å². The van der Waals surface area contributed by atoms with E-state index < -0.39 is 0 Å². The van der Waals surface area contributed by atoms with E-state index in [1.54, 1.807) is 0 Å². The van der Waals surface area contributed by atoms with E-state index in [1.165, 1.54) is 12.0 Å². The molecule has 1 aliphatic heterocycles. The summed E-state index contributed by atoms with van der Waals surface area (Å²) < 4.78 is 5.54. The average molecular weight is 230 g/mol. The molecule has 3 nitrogen and oxygen atoms in total. The van der Waals surface area contributed by atoms with Gasteiger partial charge in [-0.15, -0.1) is 0 Å². The van der Waals surface area contributed by atoms with E-state index in [1.807, 2.05) is 0 Å². The van der Waals surface area contributed by atoms with Crippen molar-refractivity contribution in [2.24, 2.45) is 10.7 Å². The summed E-state index contributed by atoms with van der Waals surface area (Å²) in [7, 11) is 0. The highest BCUT2D eigenvalue weighted by Gasteiger charge is 2.34. The van der Waals surface area contributed by atoms with E-state index >= 15 is 0 Å². The van der Waals surface area contributed by atoms with Crippen LogP contribution in [0.4, 0.5) is 0 Å². The lowest BCUT2D eigenvalue weighted by molar-refractivity contribution is 0.253. The third kappa shape index (κ3) is 1.84. The van der Waals surface area contributed by atoms with Crippen molar-refractivity contribution in [3.63, 3.8) is 0 Å². The number of hydrogen-bond donors (Lipinski definition) is 1. The molecule has 1 saturated carbocycles. The molecule has 0 aromatic heterocycles. The van der Waals surface area contributed by atoms with Crippen LogP contribution < -0.4 is 5.73 Å². The van der Waals surface area contributed by atoms with Gasteiger partial charge in [0.25, 0.3) is 0 Å². The normalized spacial score (nSPS) is 26.0. The Kier molecular flexibility index (Phi) is 2.44. The van der Waals surface area contributed by atoms with Crippen LogP contribution in [0.1, 0.15) is 37.3 Å². The molecule has 3 heteroatoms.